The van der Waals surface area contributed by atoms with Crippen LogP contribution < -0.4 is 15.4 Å². The summed E-state index contributed by atoms with van der Waals surface area (Å²) in [7, 11) is -10.2. The molecule has 4 rings (SSSR count). The lowest BCUT2D eigenvalue weighted by Crippen LogP contribution is -2.57. The predicted octanol–water partition coefficient (Wildman–Crippen LogP) is 6.16. The van der Waals surface area contributed by atoms with Crippen LogP contribution in [0.5, 0.6) is 5.75 Å². The SMILES string of the molecule is COc1ccc(C)cc1C(=O)O.O=C(NC(CO)(CO)CO)c1cccc(S(=O)(=O)C(Br)(Br)Br)c1.O=C(O)CNC(=O)c1cccc(S(=O)(=O)C(Br)(Br)Br)c1.O=C(c1ccccc1S(=O)(=O)C(Br)(Br)Br)N(CCO)CCO. The Bertz CT molecular complexity index is 3030. The van der Waals surface area contributed by atoms with Crippen molar-refractivity contribution in [3.63, 3.8) is 0 Å². The first-order valence-electron chi connectivity index (χ1n) is 20.7. The fraction of sp³-hybridized carbons (Fsp3) is 0.326. The molecule has 34 heteroatoms. The van der Waals surface area contributed by atoms with Gasteiger partial charge in [0.15, 0.2) is 0 Å². The Morgan fingerprint density at radius 2 is 1.01 bits per heavy atom. The molecule has 3 amide bonds. The number of nitrogens with one attached hydrogen (secondary N) is 2. The van der Waals surface area contributed by atoms with E-state index in [0.717, 1.165) is 17.7 Å². The van der Waals surface area contributed by atoms with Gasteiger partial charge in [0.2, 0.25) is 33.9 Å². The number of aryl methyl sites for hydroxylation is 1. The molecular weight excluding hydrogens is 1680 g/mol. The van der Waals surface area contributed by atoms with E-state index in [0.29, 0.717) is 5.75 Å². The lowest BCUT2D eigenvalue weighted by Gasteiger charge is -2.28. The van der Waals surface area contributed by atoms with Gasteiger partial charge in [-0.15, -0.1) is 0 Å². The molecule has 4 aromatic rings. The van der Waals surface area contributed by atoms with E-state index in [-0.39, 0.29) is 63.2 Å². The van der Waals surface area contributed by atoms with Crippen LogP contribution in [0.1, 0.15) is 47.0 Å². The Morgan fingerprint density at radius 3 is 1.40 bits per heavy atom. The van der Waals surface area contributed by atoms with Crippen LogP contribution in [0.3, 0.4) is 0 Å². The van der Waals surface area contributed by atoms with Crippen LogP contribution in [0, 0.1) is 6.92 Å². The molecule has 77 heavy (non-hydrogen) atoms. The van der Waals surface area contributed by atoms with Crippen molar-refractivity contribution in [2.45, 2.75) is 31.6 Å². The van der Waals surface area contributed by atoms with Crippen LogP contribution in [0.25, 0.3) is 0 Å². The number of rotatable bonds is 18. The third kappa shape index (κ3) is 21.4. The molecule has 0 heterocycles. The quantitative estimate of drug-likeness (QED) is 0.0504. The molecule has 0 saturated heterocycles. The van der Waals surface area contributed by atoms with Gasteiger partial charge >= 0.3 is 11.9 Å². The van der Waals surface area contributed by atoms with Gasteiger partial charge in [0, 0.05) is 24.2 Å². The van der Waals surface area contributed by atoms with Gasteiger partial charge in [-0.05, 0) is 211 Å². The number of alkyl halides is 9. The number of aliphatic carboxylic acids is 1. The number of amides is 3. The second-order valence-corrected chi connectivity index (χ2v) is 46.2. The number of halogens is 9. The molecule has 0 aliphatic heterocycles. The fourth-order valence-electron chi connectivity index (χ4n) is 5.43. The van der Waals surface area contributed by atoms with E-state index in [9.17, 15) is 64.5 Å². The molecule has 0 aliphatic carbocycles. The zero-order valence-electron chi connectivity index (χ0n) is 39.4. The number of aliphatic hydroxyl groups is 5. The van der Waals surface area contributed by atoms with E-state index in [1.54, 1.807) is 18.2 Å². The normalized spacial score (nSPS) is 11.9. The third-order valence-electron chi connectivity index (χ3n) is 9.43. The number of carbonyl (C=O) groups excluding carboxylic acids is 3. The van der Waals surface area contributed by atoms with Crippen molar-refractivity contribution in [1.82, 2.24) is 15.5 Å². The maximum absolute atomic E-state index is 12.5. The molecule has 0 atom stereocenters. The van der Waals surface area contributed by atoms with Crippen molar-refractivity contribution in [2.75, 3.05) is 59.8 Å². The summed E-state index contributed by atoms with van der Waals surface area (Å²) in [5.74, 6) is -3.76. The summed E-state index contributed by atoms with van der Waals surface area (Å²) in [6.45, 7) is -1.35. The summed E-state index contributed by atoms with van der Waals surface area (Å²) in [6, 6.07) is 21.2. The maximum atomic E-state index is 12.5. The van der Waals surface area contributed by atoms with Gasteiger partial charge in [0.05, 0.1) is 60.4 Å². The van der Waals surface area contributed by atoms with Gasteiger partial charge in [-0.2, -0.15) is 0 Å². The molecule has 0 aromatic heterocycles. The molecule has 0 unspecified atom stereocenters. The molecule has 0 aliphatic rings. The van der Waals surface area contributed by atoms with Crippen molar-refractivity contribution >= 4 is 203 Å². The first kappa shape index (κ1) is 73.0. The highest BCUT2D eigenvalue weighted by molar-refractivity contribution is 9.43. The topological polar surface area (TPSA) is 366 Å². The van der Waals surface area contributed by atoms with Crippen molar-refractivity contribution in [2.24, 2.45) is 0 Å². The van der Waals surface area contributed by atoms with Gasteiger partial charge in [0.25, 0.3) is 17.7 Å². The van der Waals surface area contributed by atoms with Crippen LogP contribution in [0.2, 0.25) is 0 Å². The molecule has 22 nitrogen and oxygen atoms in total. The minimum atomic E-state index is -3.94. The summed E-state index contributed by atoms with van der Waals surface area (Å²) in [4.78, 5) is 58.2. The molecule has 0 fully saturated rings. The number of nitrogens with zero attached hydrogens (tertiary/aromatic N) is 1. The standard InChI is InChI=1S/C12H14Br3NO6S.C12H14Br3NO5S.C10H8Br3NO5S.C9H10O3/c13-12(14,15)23(21,22)9-3-1-2-8(4-9)10(20)16-11(5-17,6-18)7-19;13-12(14,15)22(20,21)10-4-2-1-3-9(10)11(19)16(5-7-17)6-8-18;11-10(12,13)20(18,19)7-3-1-2-6(4-7)9(17)14-5-8(15)16;1-6-3-4-8(12-2)7(5-6)9(10)11/h1-4,17-19H,5-7H2,(H,16,20);1-4,17-18H,5-8H2;1-4H,5H2,(H,14,17)(H,15,16);3-5H,1-2H3,(H,10,11). The highest BCUT2D eigenvalue weighted by Gasteiger charge is 2.41. The van der Waals surface area contributed by atoms with Crippen molar-refractivity contribution < 1.29 is 89.7 Å². The smallest absolute Gasteiger partial charge is 0.339 e. The van der Waals surface area contributed by atoms with Gasteiger partial charge < -0.3 is 56.0 Å². The van der Waals surface area contributed by atoms with Gasteiger partial charge in [-0.3, -0.25) is 19.2 Å². The van der Waals surface area contributed by atoms with E-state index in [1.807, 2.05) is 13.0 Å². The minimum Gasteiger partial charge on any atom is -0.496 e. The minimum absolute atomic E-state index is 0.00411. The van der Waals surface area contributed by atoms with Gasteiger partial charge in [0.1, 0.15) is 23.4 Å². The van der Waals surface area contributed by atoms with Crippen LogP contribution in [-0.4, -0.2) is 165 Å². The fourth-order valence-corrected chi connectivity index (χ4v) is 12.9. The number of hydrogen-bond acceptors (Lipinski definition) is 17. The summed E-state index contributed by atoms with van der Waals surface area (Å²) in [5.41, 5.74) is -0.486. The number of carbonyl (C=O) groups is 5. The lowest BCUT2D eigenvalue weighted by molar-refractivity contribution is -0.135. The molecular formula is C43H46Br9N3O19S3. The Kier molecular flexibility index (Phi) is 30.3. The first-order chi connectivity index (χ1) is 35.4. The van der Waals surface area contributed by atoms with E-state index in [2.05, 4.69) is 154 Å². The maximum Gasteiger partial charge on any atom is 0.339 e. The van der Waals surface area contributed by atoms with Crippen molar-refractivity contribution in [3.05, 3.63) is 119 Å². The largest absolute Gasteiger partial charge is 0.496 e. The summed E-state index contributed by atoms with van der Waals surface area (Å²) in [6.07, 6.45) is 0. The zero-order chi connectivity index (χ0) is 59.5. The zero-order valence-corrected chi connectivity index (χ0v) is 56.1. The Morgan fingerprint density at radius 1 is 0.571 bits per heavy atom. The van der Waals surface area contributed by atoms with Crippen LogP contribution in [0.15, 0.2) is 106 Å². The number of benzene rings is 4. The average Bonchev–Trinajstić information content (AvgIpc) is 3.36. The number of hydrogen-bond donors (Lipinski definition) is 9. The molecule has 0 saturated carbocycles. The molecule has 0 bridgehead atoms. The van der Waals surface area contributed by atoms with E-state index >= 15 is 0 Å². The number of aromatic carboxylic acids is 1. The average molecular weight is 1720 g/mol. The second-order valence-electron chi connectivity index (χ2n) is 14.9. The highest BCUT2D eigenvalue weighted by Crippen LogP contribution is 2.45. The Balaban J connectivity index is 0.000000524. The Hall–Kier alpha value is -2.00. The summed E-state index contributed by atoms with van der Waals surface area (Å²) < 4.78 is 74.0. The summed E-state index contributed by atoms with van der Waals surface area (Å²) >= 11 is 26.4. The van der Waals surface area contributed by atoms with Crippen LogP contribution >= 0.6 is 143 Å². The van der Waals surface area contributed by atoms with Crippen molar-refractivity contribution in [1.29, 1.82) is 0 Å². The molecule has 0 radical (unpaired) electrons. The van der Waals surface area contributed by atoms with E-state index < -0.39 is 95.5 Å². The van der Waals surface area contributed by atoms with Crippen LogP contribution in [0.4, 0.5) is 0 Å². The predicted molar refractivity (Wildman–Crippen MR) is 316 cm³/mol. The summed E-state index contributed by atoms with van der Waals surface area (Å²) in [5, 5.41) is 67.3. The number of methoxy groups -OCH3 is 1. The van der Waals surface area contributed by atoms with Gasteiger partial charge in [-0.1, -0.05) is 35.9 Å². The van der Waals surface area contributed by atoms with Crippen molar-refractivity contribution in [3.8, 4) is 5.75 Å². The second kappa shape index (κ2) is 32.0. The third-order valence-corrected chi connectivity index (χ3v) is 25.5. The Labute approximate surface area is 518 Å². The van der Waals surface area contributed by atoms with E-state index in [4.69, 9.17) is 25.2 Å². The van der Waals surface area contributed by atoms with Crippen LogP contribution in [-0.2, 0) is 34.3 Å². The highest BCUT2D eigenvalue weighted by atomic mass is 80.0. The molecule has 428 valence electrons. The first-order valence-corrected chi connectivity index (χ1v) is 32.3. The van der Waals surface area contributed by atoms with E-state index in [1.165, 1.54) is 66.6 Å². The molecule has 9 N–H and O–H groups in total. The number of carboxylic acids is 2. The number of sulfone groups is 3. The van der Waals surface area contributed by atoms with Gasteiger partial charge in [-0.25, -0.2) is 30.0 Å². The number of ether oxygens (including phenoxy) is 1. The monoisotopic (exact) mass is 1710 g/mol. The number of carboxylic acid groups (broad SMARTS) is 2. The molecule has 0 spiro atoms. The lowest BCUT2D eigenvalue weighted by atomic mass is 10.0. The number of aliphatic hydroxyl groups excluding tert-OH is 5. The molecule has 4 aromatic carbocycles.